The molecule has 2 aromatic rings. The summed E-state index contributed by atoms with van der Waals surface area (Å²) in [4.78, 5) is 9.71. The molecule has 0 atom stereocenters. The lowest BCUT2D eigenvalue weighted by Crippen LogP contribution is -2.41. The van der Waals surface area contributed by atoms with Crippen molar-refractivity contribution in [3.05, 3.63) is 47.3 Å². The topological polar surface area (TPSA) is 34.6 Å². The van der Waals surface area contributed by atoms with Crippen LogP contribution in [0.2, 0.25) is 0 Å². The van der Waals surface area contributed by atoms with E-state index in [1.54, 1.807) is 0 Å². The quantitative estimate of drug-likeness (QED) is 0.513. The lowest BCUT2D eigenvalue weighted by molar-refractivity contribution is 0.337. The maximum Gasteiger partial charge on any atom is 0.212 e. The fourth-order valence-corrected chi connectivity index (χ4v) is 2.85. The number of para-hydroxylation sites is 1. The van der Waals surface area contributed by atoms with Gasteiger partial charge >= 0.3 is 0 Å². The number of rotatable bonds is 1. The van der Waals surface area contributed by atoms with Crippen LogP contribution >= 0.6 is 0 Å². The zero-order valence-electron chi connectivity index (χ0n) is 17.2. The summed E-state index contributed by atoms with van der Waals surface area (Å²) < 4.78 is 4.42. The first-order valence-corrected chi connectivity index (χ1v) is 8.88. The van der Waals surface area contributed by atoms with Gasteiger partial charge in [-0.2, -0.15) is 4.99 Å². The van der Waals surface area contributed by atoms with Crippen LogP contribution in [0.5, 0.6) is 0 Å². The van der Waals surface area contributed by atoms with Gasteiger partial charge < -0.3 is 9.13 Å². The van der Waals surface area contributed by atoms with Gasteiger partial charge in [0.05, 0.1) is 5.69 Å². The van der Waals surface area contributed by atoms with E-state index in [1.807, 2.05) is 6.92 Å². The third kappa shape index (κ3) is 4.30. The van der Waals surface area contributed by atoms with E-state index in [9.17, 15) is 0 Å². The maximum absolute atomic E-state index is 4.91. The molecule has 0 aliphatic heterocycles. The van der Waals surface area contributed by atoms with Crippen molar-refractivity contribution in [2.45, 2.75) is 73.4 Å². The van der Waals surface area contributed by atoms with Crippen molar-refractivity contribution in [3.8, 4) is 0 Å². The first-order chi connectivity index (χ1) is 11.4. The largest absolute Gasteiger partial charge is 0.312 e. The molecular weight excluding hydrogens is 308 g/mol. The van der Waals surface area contributed by atoms with Gasteiger partial charge in [0.2, 0.25) is 5.62 Å². The molecule has 1 aromatic heterocycles. The molecule has 1 heterocycles. The Kier molecular flexibility index (Phi) is 5.12. The van der Waals surface area contributed by atoms with E-state index in [0.29, 0.717) is 0 Å². The Hall–Kier alpha value is -2.10. The van der Waals surface area contributed by atoms with Gasteiger partial charge in [0, 0.05) is 23.5 Å². The molecule has 4 heteroatoms. The smallest absolute Gasteiger partial charge is 0.212 e. The second-order valence-electron chi connectivity index (χ2n) is 8.69. The molecule has 0 radical (unpaired) electrons. The van der Waals surface area contributed by atoms with Crippen LogP contribution in [0.1, 0.15) is 59.6 Å². The first-order valence-electron chi connectivity index (χ1n) is 8.88. The minimum absolute atomic E-state index is 0.0474. The van der Waals surface area contributed by atoms with E-state index >= 15 is 0 Å². The van der Waals surface area contributed by atoms with Crippen molar-refractivity contribution in [2.24, 2.45) is 9.98 Å². The Morgan fingerprint density at radius 1 is 0.840 bits per heavy atom. The predicted molar refractivity (Wildman–Crippen MR) is 107 cm³/mol. The van der Waals surface area contributed by atoms with Gasteiger partial charge in [-0.25, -0.2) is 4.99 Å². The highest BCUT2D eigenvalue weighted by atomic mass is 15.2. The van der Waals surface area contributed by atoms with Crippen molar-refractivity contribution < 1.29 is 0 Å². The van der Waals surface area contributed by atoms with E-state index < -0.39 is 0 Å². The van der Waals surface area contributed by atoms with Crippen LogP contribution in [-0.2, 0) is 11.1 Å². The first kappa shape index (κ1) is 19.2. The lowest BCUT2D eigenvalue weighted by atomic mass is 10.1. The molecule has 0 spiro atoms. The van der Waals surface area contributed by atoms with Gasteiger partial charge in [-0.1, -0.05) is 18.2 Å². The summed E-state index contributed by atoms with van der Waals surface area (Å²) >= 11 is 0. The van der Waals surface area contributed by atoms with E-state index in [2.05, 4.69) is 95.1 Å². The lowest BCUT2D eigenvalue weighted by Gasteiger charge is -2.24. The predicted octanol–water partition coefficient (Wildman–Crippen LogP) is 5.07. The Balaban J connectivity index is 2.68. The van der Waals surface area contributed by atoms with Crippen LogP contribution in [0.4, 0.5) is 5.69 Å². The second-order valence-corrected chi connectivity index (χ2v) is 8.69. The number of imidazole rings is 1. The average molecular weight is 341 g/mol. The van der Waals surface area contributed by atoms with E-state index in [1.165, 1.54) is 11.1 Å². The third-order valence-corrected chi connectivity index (χ3v) is 4.22. The van der Waals surface area contributed by atoms with Crippen LogP contribution in [0.3, 0.4) is 0 Å². The maximum atomic E-state index is 4.91. The SMILES string of the molecule is C/C(N=c1n(C(C)(C)C)ccn1C(C)(C)C)=N\c1c(C)cccc1C. The number of hydrogen-bond donors (Lipinski definition) is 0. The second kappa shape index (κ2) is 6.66. The summed E-state index contributed by atoms with van der Waals surface area (Å²) in [6, 6.07) is 6.24. The van der Waals surface area contributed by atoms with Crippen molar-refractivity contribution >= 4 is 11.5 Å². The van der Waals surface area contributed by atoms with Crippen molar-refractivity contribution in [2.75, 3.05) is 0 Å². The molecule has 0 aliphatic rings. The van der Waals surface area contributed by atoms with Crippen LogP contribution in [0.15, 0.2) is 40.6 Å². The molecule has 2 rings (SSSR count). The molecule has 0 N–H and O–H groups in total. The van der Waals surface area contributed by atoms with Gasteiger partial charge in [0.1, 0.15) is 5.84 Å². The summed E-state index contributed by atoms with van der Waals surface area (Å²) in [5, 5.41) is 0. The molecule has 0 saturated carbocycles. The van der Waals surface area contributed by atoms with Crippen molar-refractivity contribution in [1.82, 2.24) is 9.13 Å². The summed E-state index contributed by atoms with van der Waals surface area (Å²) in [5.74, 6) is 0.764. The highest BCUT2D eigenvalue weighted by Crippen LogP contribution is 2.23. The fourth-order valence-electron chi connectivity index (χ4n) is 2.85. The number of aryl methyl sites for hydroxylation is 2. The number of hydrogen-bond acceptors (Lipinski definition) is 1. The molecule has 0 amide bonds. The highest BCUT2D eigenvalue weighted by Gasteiger charge is 2.21. The Morgan fingerprint density at radius 2 is 1.28 bits per heavy atom. The molecule has 0 unspecified atom stereocenters. The van der Waals surface area contributed by atoms with Gasteiger partial charge in [-0.05, 0) is 73.4 Å². The number of nitrogens with zero attached hydrogens (tertiary/aromatic N) is 4. The standard InChI is InChI=1S/C21H32N4/c1-15-11-10-12-16(2)18(15)22-17(3)23-19-24(20(4,5)6)13-14-25(19)21(7,8)9/h10-14H,1-9H3/b22-17+. The molecule has 4 nitrogen and oxygen atoms in total. The van der Waals surface area contributed by atoms with E-state index in [0.717, 1.165) is 17.1 Å². The number of aromatic nitrogens is 2. The normalized spacial score (nSPS) is 13.2. The average Bonchev–Trinajstić information content (AvgIpc) is 2.86. The number of amidine groups is 1. The third-order valence-electron chi connectivity index (χ3n) is 4.22. The number of aliphatic imine (C=N–C) groups is 1. The van der Waals surface area contributed by atoms with Crippen LogP contribution in [0.25, 0.3) is 0 Å². The van der Waals surface area contributed by atoms with E-state index in [4.69, 9.17) is 9.98 Å². The van der Waals surface area contributed by atoms with Gasteiger partial charge in [-0.3, -0.25) is 0 Å². The zero-order valence-corrected chi connectivity index (χ0v) is 17.2. The molecular formula is C21H32N4. The minimum Gasteiger partial charge on any atom is -0.312 e. The van der Waals surface area contributed by atoms with Crippen LogP contribution < -0.4 is 5.62 Å². The van der Waals surface area contributed by atoms with Crippen LogP contribution in [0, 0.1) is 13.8 Å². The molecule has 0 fully saturated rings. The molecule has 1 aromatic carbocycles. The Labute approximate surface area is 152 Å². The summed E-state index contributed by atoms with van der Waals surface area (Å²) in [6.07, 6.45) is 4.22. The summed E-state index contributed by atoms with van der Waals surface area (Å²) in [5.41, 5.74) is 4.18. The summed E-state index contributed by atoms with van der Waals surface area (Å²) in [7, 11) is 0. The van der Waals surface area contributed by atoms with Crippen molar-refractivity contribution in [1.29, 1.82) is 0 Å². The zero-order chi connectivity index (χ0) is 19.0. The Bertz CT molecular complexity index is 794. The molecule has 0 aliphatic carbocycles. The highest BCUT2D eigenvalue weighted by molar-refractivity contribution is 5.84. The Morgan fingerprint density at radius 3 is 1.68 bits per heavy atom. The molecule has 136 valence electrons. The van der Waals surface area contributed by atoms with Crippen LogP contribution in [-0.4, -0.2) is 15.0 Å². The molecule has 0 saturated heterocycles. The molecule has 25 heavy (non-hydrogen) atoms. The number of benzene rings is 1. The van der Waals surface area contributed by atoms with Crippen molar-refractivity contribution in [3.63, 3.8) is 0 Å². The van der Waals surface area contributed by atoms with Gasteiger partial charge in [0.15, 0.2) is 0 Å². The van der Waals surface area contributed by atoms with Gasteiger partial charge in [0.25, 0.3) is 0 Å². The fraction of sp³-hybridized carbons (Fsp3) is 0.524. The minimum atomic E-state index is -0.0474. The monoisotopic (exact) mass is 340 g/mol. The van der Waals surface area contributed by atoms with E-state index in [-0.39, 0.29) is 11.1 Å². The molecule has 0 bridgehead atoms. The van der Waals surface area contributed by atoms with Gasteiger partial charge in [-0.15, -0.1) is 0 Å². The summed E-state index contributed by atoms with van der Waals surface area (Å²) in [6.45, 7) is 19.3.